The van der Waals surface area contributed by atoms with Gasteiger partial charge in [0.05, 0.1) is 6.61 Å². The van der Waals surface area contributed by atoms with Gasteiger partial charge in [-0.3, -0.25) is 4.57 Å². The third-order valence-corrected chi connectivity index (χ3v) is 1.61. The van der Waals surface area contributed by atoms with Gasteiger partial charge in [0.2, 0.25) is 0 Å². The molecule has 0 aromatic carbocycles. The third kappa shape index (κ3) is 8.50. The predicted octanol–water partition coefficient (Wildman–Crippen LogP) is 1.14. The van der Waals surface area contributed by atoms with E-state index in [2.05, 4.69) is 17.2 Å². The highest BCUT2D eigenvalue weighted by Gasteiger charge is 2.07. The van der Waals surface area contributed by atoms with Crippen molar-refractivity contribution in [2.45, 2.75) is 6.42 Å². The van der Waals surface area contributed by atoms with Crippen LogP contribution >= 0.6 is 20.2 Å². The normalized spacial score (nSPS) is 17.2. The van der Waals surface area contributed by atoms with Crippen LogP contribution in [0.25, 0.3) is 0 Å². The number of rotatable bonds is 4. The van der Waals surface area contributed by atoms with Crippen molar-refractivity contribution in [2.24, 2.45) is 0 Å². The SMILES string of the molecule is CP(=O)(O)OCCCS. The minimum absolute atomic E-state index is 0.313. The van der Waals surface area contributed by atoms with Gasteiger partial charge in [-0.2, -0.15) is 12.6 Å². The van der Waals surface area contributed by atoms with Crippen molar-refractivity contribution < 1.29 is 14.0 Å². The van der Waals surface area contributed by atoms with E-state index in [9.17, 15) is 4.57 Å². The molecule has 0 aliphatic carbocycles. The summed E-state index contributed by atoms with van der Waals surface area (Å²) in [6.45, 7) is 1.49. The van der Waals surface area contributed by atoms with Crippen molar-refractivity contribution >= 4 is 20.2 Å². The minimum Gasteiger partial charge on any atom is -0.324 e. The standard InChI is InChI=1S/C4H11O3PS/c1-8(5,6)7-3-2-4-9/h9H,2-4H2,1H3,(H,5,6). The molecular formula is C4H11O3PS. The van der Waals surface area contributed by atoms with Gasteiger partial charge in [-0.15, -0.1) is 0 Å². The van der Waals surface area contributed by atoms with E-state index < -0.39 is 7.60 Å². The molecule has 5 heteroatoms. The van der Waals surface area contributed by atoms with Crippen molar-refractivity contribution in [1.29, 1.82) is 0 Å². The molecule has 0 fully saturated rings. The van der Waals surface area contributed by atoms with E-state index in [0.717, 1.165) is 0 Å². The van der Waals surface area contributed by atoms with Gasteiger partial charge in [0, 0.05) is 6.66 Å². The molecule has 0 aliphatic rings. The summed E-state index contributed by atoms with van der Waals surface area (Å²) < 4.78 is 14.9. The maximum atomic E-state index is 10.4. The fourth-order valence-corrected chi connectivity index (χ4v) is 0.895. The Morgan fingerprint density at radius 1 is 1.78 bits per heavy atom. The Balaban J connectivity index is 3.18. The van der Waals surface area contributed by atoms with Crippen molar-refractivity contribution in [3.8, 4) is 0 Å². The first-order valence-corrected chi connectivity index (χ1v) is 5.27. The molecule has 0 bridgehead atoms. The molecule has 0 aromatic heterocycles. The van der Waals surface area contributed by atoms with Crippen molar-refractivity contribution in [3.05, 3.63) is 0 Å². The highest BCUT2D eigenvalue weighted by atomic mass is 32.1. The second kappa shape index (κ2) is 4.34. The van der Waals surface area contributed by atoms with Gasteiger partial charge in [-0.25, -0.2) is 0 Å². The average molecular weight is 170 g/mol. The summed E-state index contributed by atoms with van der Waals surface area (Å²) in [5.41, 5.74) is 0. The molecule has 0 spiro atoms. The summed E-state index contributed by atoms with van der Waals surface area (Å²) in [4.78, 5) is 8.55. The second-order valence-electron chi connectivity index (χ2n) is 1.71. The van der Waals surface area contributed by atoms with Crippen molar-refractivity contribution in [3.63, 3.8) is 0 Å². The zero-order valence-corrected chi connectivity index (χ0v) is 7.07. The highest BCUT2D eigenvalue weighted by molar-refractivity contribution is 7.80. The highest BCUT2D eigenvalue weighted by Crippen LogP contribution is 2.36. The second-order valence-corrected chi connectivity index (χ2v) is 4.02. The maximum Gasteiger partial charge on any atom is 0.325 e. The molecule has 1 unspecified atom stereocenters. The molecule has 3 nitrogen and oxygen atoms in total. The fraction of sp³-hybridized carbons (Fsp3) is 1.00. The summed E-state index contributed by atoms with van der Waals surface area (Å²) in [7, 11) is -3.23. The van der Waals surface area contributed by atoms with E-state index in [0.29, 0.717) is 18.8 Å². The van der Waals surface area contributed by atoms with Crippen LogP contribution < -0.4 is 0 Å². The average Bonchev–Trinajstić information content (AvgIpc) is 1.63. The Hall–Kier alpha value is 0.500. The van der Waals surface area contributed by atoms with Crippen molar-refractivity contribution in [2.75, 3.05) is 19.0 Å². The molecule has 0 rings (SSSR count). The summed E-state index contributed by atoms with van der Waals surface area (Å²) in [6, 6.07) is 0. The van der Waals surface area contributed by atoms with E-state index in [1.54, 1.807) is 0 Å². The quantitative estimate of drug-likeness (QED) is 0.378. The Morgan fingerprint density at radius 3 is 2.67 bits per heavy atom. The molecule has 0 aromatic rings. The fourth-order valence-electron chi connectivity index (χ4n) is 0.298. The van der Waals surface area contributed by atoms with E-state index in [4.69, 9.17) is 4.89 Å². The first kappa shape index (κ1) is 9.50. The van der Waals surface area contributed by atoms with E-state index >= 15 is 0 Å². The van der Waals surface area contributed by atoms with Crippen molar-refractivity contribution in [1.82, 2.24) is 0 Å². The third-order valence-electron chi connectivity index (χ3n) is 0.633. The smallest absolute Gasteiger partial charge is 0.324 e. The van der Waals surface area contributed by atoms with Crippen LogP contribution in [0.5, 0.6) is 0 Å². The zero-order valence-electron chi connectivity index (χ0n) is 5.28. The van der Waals surface area contributed by atoms with Crippen LogP contribution in [-0.2, 0) is 9.09 Å². The van der Waals surface area contributed by atoms with Gasteiger partial charge < -0.3 is 9.42 Å². The van der Waals surface area contributed by atoms with E-state index in [1.807, 2.05) is 0 Å². The molecule has 1 N–H and O–H groups in total. The summed E-state index contributed by atoms with van der Waals surface area (Å²) >= 11 is 3.90. The van der Waals surface area contributed by atoms with Gasteiger partial charge in [-0.05, 0) is 12.2 Å². The molecule has 0 aliphatic heterocycles. The molecule has 1 atom stereocenters. The molecular weight excluding hydrogens is 159 g/mol. The van der Waals surface area contributed by atoms with Crippen LogP contribution in [0.1, 0.15) is 6.42 Å². The molecule has 0 saturated carbocycles. The summed E-state index contributed by atoms with van der Waals surface area (Å²) in [5, 5.41) is 0. The number of hydrogen-bond acceptors (Lipinski definition) is 3. The molecule has 9 heavy (non-hydrogen) atoms. The van der Waals surface area contributed by atoms with Crippen LogP contribution in [0.2, 0.25) is 0 Å². The van der Waals surface area contributed by atoms with E-state index in [-0.39, 0.29) is 0 Å². The first-order chi connectivity index (χ1) is 4.06. The topological polar surface area (TPSA) is 46.5 Å². The minimum atomic E-state index is -3.23. The lowest BCUT2D eigenvalue weighted by Crippen LogP contribution is -1.91. The number of thiol groups is 1. The number of hydrogen-bond donors (Lipinski definition) is 2. The first-order valence-electron chi connectivity index (χ1n) is 2.62. The van der Waals surface area contributed by atoms with Gasteiger partial charge in [0.1, 0.15) is 0 Å². The van der Waals surface area contributed by atoms with Crippen LogP contribution in [0.4, 0.5) is 0 Å². The van der Waals surface area contributed by atoms with Gasteiger partial charge in [0.25, 0.3) is 0 Å². The summed E-state index contributed by atoms with van der Waals surface area (Å²) in [5.74, 6) is 0.681. The summed E-state index contributed by atoms with van der Waals surface area (Å²) in [6.07, 6.45) is 0.710. The van der Waals surface area contributed by atoms with Crippen LogP contribution in [0, 0.1) is 0 Å². The molecule has 0 amide bonds. The predicted molar refractivity (Wildman–Crippen MR) is 40.2 cm³/mol. The largest absolute Gasteiger partial charge is 0.325 e. The van der Waals surface area contributed by atoms with Gasteiger partial charge >= 0.3 is 7.60 Å². The lowest BCUT2D eigenvalue weighted by atomic mass is 10.5. The molecule has 0 radical (unpaired) electrons. The Labute approximate surface area is 60.4 Å². The lowest BCUT2D eigenvalue weighted by molar-refractivity contribution is 0.266. The Bertz CT molecular complexity index is 110. The van der Waals surface area contributed by atoms with E-state index in [1.165, 1.54) is 6.66 Å². The zero-order chi connectivity index (χ0) is 7.33. The Morgan fingerprint density at radius 2 is 2.33 bits per heavy atom. The van der Waals surface area contributed by atoms with Crippen LogP contribution in [-0.4, -0.2) is 23.9 Å². The van der Waals surface area contributed by atoms with Crippen LogP contribution in [0.3, 0.4) is 0 Å². The monoisotopic (exact) mass is 170 g/mol. The van der Waals surface area contributed by atoms with Gasteiger partial charge in [0.15, 0.2) is 0 Å². The Kier molecular flexibility index (Phi) is 4.58. The van der Waals surface area contributed by atoms with Crippen LogP contribution in [0.15, 0.2) is 0 Å². The lowest BCUT2D eigenvalue weighted by Gasteiger charge is -2.04. The molecule has 56 valence electrons. The molecule has 0 heterocycles. The maximum absolute atomic E-state index is 10.4. The van der Waals surface area contributed by atoms with Gasteiger partial charge in [-0.1, -0.05) is 0 Å². The molecule has 0 saturated heterocycles.